The summed E-state index contributed by atoms with van der Waals surface area (Å²) in [6.45, 7) is 4.42. The zero-order valence-corrected chi connectivity index (χ0v) is 12.5. The third-order valence-corrected chi connectivity index (χ3v) is 3.96. The molecule has 0 unspecified atom stereocenters. The van der Waals surface area contributed by atoms with E-state index >= 15 is 0 Å². The van der Waals surface area contributed by atoms with Gasteiger partial charge in [-0.3, -0.25) is 15.0 Å². The highest BCUT2D eigenvalue weighted by Crippen LogP contribution is 2.27. The molecule has 0 bridgehead atoms. The summed E-state index contributed by atoms with van der Waals surface area (Å²) in [5, 5.41) is 7.24. The van der Waals surface area contributed by atoms with E-state index in [1.165, 1.54) is 22.9 Å². The first-order chi connectivity index (χ1) is 10.5. The number of rotatable bonds is 3. The molecule has 114 valence electrons. The number of benzene rings is 1. The smallest absolute Gasteiger partial charge is 0.244 e. The molecule has 1 aromatic heterocycles. The average Bonchev–Trinajstić information content (AvgIpc) is 3.11. The normalized spacial score (nSPS) is 17.8. The van der Waals surface area contributed by atoms with E-state index in [1.54, 1.807) is 4.90 Å². The predicted molar refractivity (Wildman–Crippen MR) is 80.8 cm³/mol. The number of hydrogen-bond donors (Lipinski definition) is 1. The van der Waals surface area contributed by atoms with Crippen molar-refractivity contribution in [3.8, 4) is 0 Å². The monoisotopic (exact) mass is 299 g/mol. The minimum Gasteiger partial charge on any atom is -0.312 e. The molecule has 2 heterocycles. The van der Waals surface area contributed by atoms with Crippen LogP contribution in [0.1, 0.15) is 17.5 Å². The van der Waals surface area contributed by atoms with Gasteiger partial charge in [0.05, 0.1) is 5.92 Å². The zero-order valence-electron chi connectivity index (χ0n) is 12.5. The van der Waals surface area contributed by atoms with Gasteiger partial charge in [0.25, 0.3) is 0 Å². The van der Waals surface area contributed by atoms with E-state index in [0.717, 1.165) is 11.3 Å². The molecule has 0 radical (unpaired) electrons. The Bertz CT molecular complexity index is 711. The van der Waals surface area contributed by atoms with Gasteiger partial charge in [-0.1, -0.05) is 6.07 Å². The van der Waals surface area contributed by atoms with Crippen LogP contribution >= 0.6 is 0 Å². The SMILES string of the molecule is Cc1ccc(N2C[C@@H](C(=O)Nn3cnnc3)CC2=O)cc1C. The summed E-state index contributed by atoms with van der Waals surface area (Å²) in [6.07, 6.45) is 3.01. The quantitative estimate of drug-likeness (QED) is 0.917. The molecule has 0 aliphatic carbocycles. The lowest BCUT2D eigenvalue weighted by atomic mass is 10.1. The lowest BCUT2D eigenvalue weighted by Gasteiger charge is -2.18. The largest absolute Gasteiger partial charge is 0.312 e. The Labute approximate surface area is 127 Å². The van der Waals surface area contributed by atoms with Crippen LogP contribution in [-0.2, 0) is 9.59 Å². The molecule has 0 spiro atoms. The summed E-state index contributed by atoms with van der Waals surface area (Å²) in [5.41, 5.74) is 5.80. The lowest BCUT2D eigenvalue weighted by molar-refractivity contribution is -0.123. The molecule has 1 aliphatic heterocycles. The highest BCUT2D eigenvalue weighted by atomic mass is 16.2. The molecule has 1 fully saturated rings. The van der Waals surface area contributed by atoms with Crippen LogP contribution in [0.15, 0.2) is 30.9 Å². The van der Waals surface area contributed by atoms with Crippen molar-refractivity contribution in [1.82, 2.24) is 14.9 Å². The molecule has 2 amide bonds. The summed E-state index contributed by atoms with van der Waals surface area (Å²) >= 11 is 0. The maximum absolute atomic E-state index is 12.2. The Morgan fingerprint density at radius 1 is 1.23 bits per heavy atom. The second kappa shape index (κ2) is 5.59. The van der Waals surface area contributed by atoms with Crippen molar-refractivity contribution in [1.29, 1.82) is 0 Å². The van der Waals surface area contributed by atoms with Crippen molar-refractivity contribution in [2.75, 3.05) is 16.9 Å². The van der Waals surface area contributed by atoms with Crippen molar-refractivity contribution < 1.29 is 9.59 Å². The first-order valence-electron chi connectivity index (χ1n) is 7.07. The van der Waals surface area contributed by atoms with Crippen molar-refractivity contribution in [2.24, 2.45) is 5.92 Å². The Morgan fingerprint density at radius 3 is 2.64 bits per heavy atom. The molecule has 1 N–H and O–H groups in total. The van der Waals surface area contributed by atoms with Crippen molar-refractivity contribution in [3.63, 3.8) is 0 Å². The number of nitrogens with zero attached hydrogens (tertiary/aromatic N) is 4. The van der Waals surface area contributed by atoms with Crippen molar-refractivity contribution in [3.05, 3.63) is 42.0 Å². The topological polar surface area (TPSA) is 80.1 Å². The fraction of sp³-hybridized carbons (Fsp3) is 0.333. The van der Waals surface area contributed by atoms with E-state index in [0.29, 0.717) is 6.54 Å². The van der Waals surface area contributed by atoms with Gasteiger partial charge in [-0.2, -0.15) is 0 Å². The van der Waals surface area contributed by atoms with Gasteiger partial charge in [0.2, 0.25) is 11.8 Å². The van der Waals surface area contributed by atoms with Crippen LogP contribution in [0.3, 0.4) is 0 Å². The van der Waals surface area contributed by atoms with Gasteiger partial charge in [0, 0.05) is 18.7 Å². The fourth-order valence-corrected chi connectivity index (χ4v) is 2.50. The number of aryl methyl sites for hydroxylation is 2. The molecule has 1 saturated heterocycles. The number of hydrogen-bond acceptors (Lipinski definition) is 4. The highest BCUT2D eigenvalue weighted by molar-refractivity contribution is 6.01. The van der Waals surface area contributed by atoms with E-state index in [9.17, 15) is 9.59 Å². The second-order valence-electron chi connectivity index (χ2n) is 5.52. The number of amides is 2. The summed E-state index contributed by atoms with van der Waals surface area (Å²) in [5.74, 6) is -0.622. The van der Waals surface area contributed by atoms with Crippen LogP contribution < -0.4 is 10.3 Å². The zero-order chi connectivity index (χ0) is 15.7. The molecule has 1 aliphatic rings. The van der Waals surface area contributed by atoms with Crippen LogP contribution in [0, 0.1) is 19.8 Å². The molecule has 3 rings (SSSR count). The maximum Gasteiger partial charge on any atom is 0.244 e. The van der Waals surface area contributed by atoms with Gasteiger partial charge in [-0.15, -0.1) is 10.2 Å². The number of nitrogens with one attached hydrogen (secondary N) is 1. The summed E-state index contributed by atoms with van der Waals surface area (Å²) < 4.78 is 1.38. The van der Waals surface area contributed by atoms with E-state index < -0.39 is 0 Å². The van der Waals surface area contributed by atoms with Crippen LogP contribution in [0.5, 0.6) is 0 Å². The molecular weight excluding hydrogens is 282 g/mol. The minimum absolute atomic E-state index is 0.0350. The summed E-state index contributed by atoms with van der Waals surface area (Å²) in [4.78, 5) is 26.1. The number of carbonyl (C=O) groups excluding carboxylic acids is 2. The third-order valence-electron chi connectivity index (χ3n) is 3.96. The summed E-state index contributed by atoms with van der Waals surface area (Å²) in [7, 11) is 0. The Hall–Kier alpha value is -2.70. The molecule has 0 saturated carbocycles. The van der Waals surface area contributed by atoms with Crippen molar-refractivity contribution >= 4 is 17.5 Å². The first-order valence-corrected chi connectivity index (χ1v) is 7.07. The number of aromatic nitrogens is 3. The van der Waals surface area contributed by atoms with E-state index in [2.05, 4.69) is 15.6 Å². The number of carbonyl (C=O) groups is 2. The van der Waals surface area contributed by atoms with Gasteiger partial charge in [0.1, 0.15) is 12.7 Å². The minimum atomic E-state index is -0.378. The van der Waals surface area contributed by atoms with Crippen LogP contribution in [0.25, 0.3) is 0 Å². The second-order valence-corrected chi connectivity index (χ2v) is 5.52. The van der Waals surface area contributed by atoms with Gasteiger partial charge < -0.3 is 4.90 Å². The standard InChI is InChI=1S/C15H17N5O2/c1-10-3-4-13(5-11(10)2)20-7-12(6-14(20)21)15(22)18-19-8-16-17-9-19/h3-5,8-9,12H,6-7H2,1-2H3,(H,18,22)/t12-/m0/s1. The fourth-order valence-electron chi connectivity index (χ4n) is 2.50. The average molecular weight is 299 g/mol. The molecule has 1 aromatic carbocycles. The summed E-state index contributed by atoms with van der Waals surface area (Å²) in [6, 6.07) is 5.89. The predicted octanol–water partition coefficient (Wildman–Crippen LogP) is 1.02. The maximum atomic E-state index is 12.2. The van der Waals surface area contributed by atoms with Gasteiger partial charge in [0.15, 0.2) is 0 Å². The van der Waals surface area contributed by atoms with E-state index in [-0.39, 0.29) is 24.2 Å². The van der Waals surface area contributed by atoms with Crippen LogP contribution in [0.2, 0.25) is 0 Å². The Morgan fingerprint density at radius 2 is 1.95 bits per heavy atom. The van der Waals surface area contributed by atoms with Gasteiger partial charge in [-0.25, -0.2) is 4.68 Å². The lowest BCUT2D eigenvalue weighted by Crippen LogP contribution is -2.31. The highest BCUT2D eigenvalue weighted by Gasteiger charge is 2.35. The third kappa shape index (κ3) is 2.69. The van der Waals surface area contributed by atoms with Gasteiger partial charge in [-0.05, 0) is 37.1 Å². The van der Waals surface area contributed by atoms with E-state index in [1.807, 2.05) is 32.0 Å². The van der Waals surface area contributed by atoms with Gasteiger partial charge >= 0.3 is 0 Å². The van der Waals surface area contributed by atoms with Crippen LogP contribution in [0.4, 0.5) is 5.69 Å². The van der Waals surface area contributed by atoms with E-state index in [4.69, 9.17) is 0 Å². The molecular formula is C15H17N5O2. The number of anilines is 1. The molecule has 1 atom stereocenters. The molecule has 2 aromatic rings. The Balaban J connectivity index is 1.72. The van der Waals surface area contributed by atoms with Crippen molar-refractivity contribution in [2.45, 2.75) is 20.3 Å². The molecule has 7 heteroatoms. The first kappa shape index (κ1) is 14.2. The van der Waals surface area contributed by atoms with Crippen LogP contribution in [-0.4, -0.2) is 33.2 Å². The molecule has 7 nitrogen and oxygen atoms in total. The molecule has 22 heavy (non-hydrogen) atoms. The Kier molecular flexibility index (Phi) is 3.62.